The van der Waals surface area contributed by atoms with Gasteiger partial charge in [0.15, 0.2) is 0 Å². The van der Waals surface area contributed by atoms with E-state index in [1.807, 2.05) is 14.8 Å². The first-order valence-electron chi connectivity index (χ1n) is 7.64. The summed E-state index contributed by atoms with van der Waals surface area (Å²) >= 11 is 3.37. The highest BCUT2D eigenvalue weighted by Gasteiger charge is 2.30. The highest BCUT2D eigenvalue weighted by Crippen LogP contribution is 2.25. The molecule has 120 valence electrons. The van der Waals surface area contributed by atoms with Crippen molar-refractivity contribution in [1.29, 1.82) is 0 Å². The summed E-state index contributed by atoms with van der Waals surface area (Å²) in [5.74, 6) is 0.769. The number of nitrogens with one attached hydrogen (secondary N) is 2. The number of aromatic nitrogens is 3. The number of nitrogens with zero attached hydrogens (tertiary/aromatic N) is 3. The van der Waals surface area contributed by atoms with Gasteiger partial charge in [-0.15, -0.1) is 0 Å². The number of carbonyl (C=O) groups excluding carboxylic acids is 1. The topological polar surface area (TPSA) is 85.1 Å². The second kappa shape index (κ2) is 6.68. The van der Waals surface area contributed by atoms with Crippen molar-refractivity contribution in [2.75, 3.05) is 26.2 Å². The predicted molar refractivity (Wildman–Crippen MR) is 86.0 cm³/mol. The molecule has 2 aliphatic heterocycles. The number of rotatable bonds is 1. The largest absolute Gasteiger partial charge is 0.340 e. The van der Waals surface area contributed by atoms with Gasteiger partial charge in [0.2, 0.25) is 0 Å². The van der Waals surface area contributed by atoms with Gasteiger partial charge in [-0.05, 0) is 30.7 Å². The third-order valence-electron chi connectivity index (χ3n) is 4.43. The number of H-pyrrole nitrogens is 2. The first-order chi connectivity index (χ1) is 10.7. The minimum atomic E-state index is -0.288. The smallest absolute Gasteiger partial charge is 0.324 e. The van der Waals surface area contributed by atoms with Gasteiger partial charge in [-0.3, -0.25) is 4.98 Å². The van der Waals surface area contributed by atoms with Crippen LogP contribution in [0, 0.1) is 0 Å². The molecule has 0 aromatic carbocycles. The zero-order chi connectivity index (χ0) is 15.5. The summed E-state index contributed by atoms with van der Waals surface area (Å²) in [5, 5.41) is 6.41. The predicted octanol–water partition coefficient (Wildman–Crippen LogP) is 1.77. The average molecular weight is 370 g/mol. The fourth-order valence-corrected chi connectivity index (χ4v) is 3.60. The van der Waals surface area contributed by atoms with Crippen molar-refractivity contribution < 1.29 is 4.79 Å². The maximum absolute atomic E-state index is 12.7. The van der Waals surface area contributed by atoms with Crippen LogP contribution in [-0.2, 0) is 0 Å². The van der Waals surface area contributed by atoms with Crippen LogP contribution in [0.2, 0.25) is 0 Å². The second-order valence-corrected chi connectivity index (χ2v) is 6.34. The average Bonchev–Trinajstić information content (AvgIpc) is 3.01. The maximum Gasteiger partial charge on any atom is 0.340 e. The molecule has 0 aliphatic carbocycles. The van der Waals surface area contributed by atoms with Gasteiger partial charge in [0.25, 0.3) is 0 Å². The maximum atomic E-state index is 12.7. The van der Waals surface area contributed by atoms with Crippen LogP contribution in [0.15, 0.2) is 15.4 Å². The van der Waals surface area contributed by atoms with E-state index in [0.717, 1.165) is 45.3 Å². The van der Waals surface area contributed by atoms with Gasteiger partial charge in [-0.25, -0.2) is 14.7 Å². The molecule has 2 saturated heterocycles. The lowest BCUT2D eigenvalue weighted by Gasteiger charge is -2.37. The van der Waals surface area contributed by atoms with Crippen LogP contribution in [-0.4, -0.2) is 57.2 Å². The highest BCUT2D eigenvalue weighted by atomic mass is 79.9. The molecule has 22 heavy (non-hydrogen) atoms. The van der Waals surface area contributed by atoms with Crippen LogP contribution in [0.3, 0.4) is 0 Å². The second-order valence-electron chi connectivity index (χ2n) is 5.89. The first kappa shape index (κ1) is 15.3. The van der Waals surface area contributed by atoms with E-state index in [1.54, 1.807) is 0 Å². The number of hydrogen-bond acceptors (Lipinski definition) is 3. The van der Waals surface area contributed by atoms with Crippen LogP contribution >= 0.6 is 15.9 Å². The molecule has 3 rings (SSSR count). The molecule has 2 aliphatic rings. The third-order valence-corrected chi connectivity index (χ3v) is 5.08. The van der Waals surface area contributed by atoms with E-state index in [9.17, 15) is 9.59 Å². The SMILES string of the molecule is O=C(N1CCC(=CBr)CC1)N1CCCC(c2n[nH]c(=O)[nH]2)C1. The zero-order valence-electron chi connectivity index (χ0n) is 12.3. The molecule has 1 unspecified atom stereocenters. The summed E-state index contributed by atoms with van der Waals surface area (Å²) < 4.78 is 0. The van der Waals surface area contributed by atoms with E-state index < -0.39 is 0 Å². The Bertz CT molecular complexity index is 613. The fraction of sp³-hybridized carbons (Fsp3) is 0.643. The minimum Gasteiger partial charge on any atom is -0.324 e. The number of urea groups is 1. The minimum absolute atomic E-state index is 0.108. The Morgan fingerprint density at radius 2 is 2.05 bits per heavy atom. The fourth-order valence-electron chi connectivity index (χ4n) is 3.14. The number of halogens is 1. The summed E-state index contributed by atoms with van der Waals surface area (Å²) in [6.45, 7) is 2.95. The Labute approximate surface area is 136 Å². The molecule has 3 heterocycles. The van der Waals surface area contributed by atoms with Crippen LogP contribution in [0.5, 0.6) is 0 Å². The van der Waals surface area contributed by atoms with Crippen molar-refractivity contribution in [3.63, 3.8) is 0 Å². The number of hydrogen-bond donors (Lipinski definition) is 2. The van der Waals surface area contributed by atoms with E-state index in [4.69, 9.17) is 0 Å². The summed E-state index contributed by atoms with van der Waals surface area (Å²) in [6.07, 6.45) is 3.74. The molecule has 0 radical (unpaired) electrons. The summed E-state index contributed by atoms with van der Waals surface area (Å²) in [5.41, 5.74) is 1.07. The Balaban J connectivity index is 1.62. The number of amides is 2. The van der Waals surface area contributed by atoms with E-state index in [0.29, 0.717) is 12.4 Å². The Hall–Kier alpha value is -1.57. The summed E-state index contributed by atoms with van der Waals surface area (Å²) in [4.78, 5) is 32.3. The third kappa shape index (κ3) is 3.26. The lowest BCUT2D eigenvalue weighted by Crippen LogP contribution is -2.49. The van der Waals surface area contributed by atoms with Gasteiger partial charge in [0.05, 0.1) is 0 Å². The number of carbonyl (C=O) groups is 1. The molecule has 1 aromatic heterocycles. The van der Waals surface area contributed by atoms with Gasteiger partial charge in [0.1, 0.15) is 5.82 Å². The summed E-state index contributed by atoms with van der Waals surface area (Å²) in [7, 11) is 0. The molecule has 1 atom stereocenters. The zero-order valence-corrected chi connectivity index (χ0v) is 13.9. The van der Waals surface area contributed by atoms with Gasteiger partial charge in [-0.1, -0.05) is 21.5 Å². The van der Waals surface area contributed by atoms with Crippen molar-refractivity contribution in [1.82, 2.24) is 25.0 Å². The summed E-state index contributed by atoms with van der Waals surface area (Å²) in [6, 6.07) is 0.108. The molecule has 1 aromatic rings. The molecule has 0 saturated carbocycles. The van der Waals surface area contributed by atoms with E-state index in [-0.39, 0.29) is 17.6 Å². The van der Waals surface area contributed by atoms with Gasteiger partial charge in [-0.2, -0.15) is 5.10 Å². The van der Waals surface area contributed by atoms with Gasteiger partial charge >= 0.3 is 11.7 Å². The quantitative estimate of drug-likeness (QED) is 0.790. The van der Waals surface area contributed by atoms with Crippen molar-refractivity contribution in [3.8, 4) is 0 Å². The van der Waals surface area contributed by atoms with Gasteiger partial charge < -0.3 is 9.80 Å². The lowest BCUT2D eigenvalue weighted by atomic mass is 9.97. The molecule has 2 fully saturated rings. The van der Waals surface area contributed by atoms with Gasteiger partial charge in [0, 0.05) is 32.1 Å². The number of aromatic amines is 2. The molecule has 7 nitrogen and oxygen atoms in total. The van der Waals surface area contributed by atoms with Crippen molar-refractivity contribution in [2.24, 2.45) is 0 Å². The van der Waals surface area contributed by atoms with Crippen molar-refractivity contribution in [3.05, 3.63) is 26.9 Å². The monoisotopic (exact) mass is 369 g/mol. The van der Waals surface area contributed by atoms with E-state index >= 15 is 0 Å². The van der Waals surface area contributed by atoms with Crippen molar-refractivity contribution in [2.45, 2.75) is 31.6 Å². The van der Waals surface area contributed by atoms with E-state index in [1.165, 1.54) is 5.57 Å². The molecule has 2 N–H and O–H groups in total. The molecule has 2 amide bonds. The van der Waals surface area contributed by atoms with E-state index in [2.05, 4.69) is 31.1 Å². The standard InChI is InChI=1S/C14H20BrN5O2/c15-8-10-3-6-19(7-4-10)14(22)20-5-1-2-11(9-20)12-16-13(21)18-17-12/h8,11H,1-7,9H2,(H2,16,17,18,21). The van der Waals surface area contributed by atoms with Crippen LogP contribution in [0.4, 0.5) is 4.79 Å². The normalized spacial score (nSPS) is 22.8. The lowest BCUT2D eigenvalue weighted by molar-refractivity contribution is 0.134. The Morgan fingerprint density at radius 3 is 2.68 bits per heavy atom. The Kier molecular flexibility index (Phi) is 4.66. The highest BCUT2D eigenvalue weighted by molar-refractivity contribution is 9.11. The molecular weight excluding hydrogens is 350 g/mol. The number of piperidine rings is 2. The van der Waals surface area contributed by atoms with Crippen molar-refractivity contribution >= 4 is 22.0 Å². The molecular formula is C14H20BrN5O2. The number of likely N-dealkylation sites (tertiary alicyclic amines) is 2. The molecule has 0 bridgehead atoms. The first-order valence-corrected chi connectivity index (χ1v) is 8.55. The van der Waals surface area contributed by atoms with Crippen LogP contribution in [0.1, 0.15) is 37.4 Å². The Morgan fingerprint density at radius 1 is 1.27 bits per heavy atom. The van der Waals surface area contributed by atoms with Crippen LogP contribution in [0.25, 0.3) is 0 Å². The molecule has 8 heteroatoms. The van der Waals surface area contributed by atoms with Crippen LogP contribution < -0.4 is 5.69 Å². The molecule has 0 spiro atoms.